The number of carboxylic acid groups (broad SMARTS) is 1. The van der Waals surface area contributed by atoms with Crippen LogP contribution in [0.3, 0.4) is 0 Å². The van der Waals surface area contributed by atoms with Gasteiger partial charge in [-0.15, -0.1) is 0 Å². The molecule has 12 nitrogen and oxygen atoms in total. The zero-order valence-electron chi connectivity index (χ0n) is 39.5. The van der Waals surface area contributed by atoms with Crippen molar-refractivity contribution in [3.8, 4) is 17.2 Å². The Morgan fingerprint density at radius 1 is 0.746 bits per heavy atom. The summed E-state index contributed by atoms with van der Waals surface area (Å²) >= 11 is 6.11. The van der Waals surface area contributed by atoms with Crippen LogP contribution in [0.2, 0.25) is 5.02 Å². The standard InChI is InChI=1S/C58H50ClN5O7/c1-32-44(45-30-40(70-2)20-22-49(45)64(32)57(67)33-11-14-37(59)15-12-33)31-50(65)60-38-16-18-39(19-17-38)61-56(66)36-13-21-41(58(68)69)46(29-36)51-47-27-34-7-3-23-62-25-5-9-42(52(34)62)54(47)71-55-43-10-6-26-63-24-4-8-35(53(43)63)28-48(51)55/h11-22,27-30H,3-10,23-26,31H2,1-2H3,(H2-,60,61,65,66,68,69). The summed E-state index contributed by atoms with van der Waals surface area (Å²) in [5, 5.41) is 22.5. The maximum atomic E-state index is 14.3. The fraction of sp³-hybridized carbons (Fsp3) is 0.259. The van der Waals surface area contributed by atoms with Crippen LogP contribution in [0.25, 0.3) is 16.5 Å². The molecule has 0 fully saturated rings. The number of aryl methyl sites for hydroxylation is 2. The number of hydrogen-bond acceptors (Lipinski definition) is 8. The van der Waals surface area contributed by atoms with E-state index in [1.807, 2.05) is 19.1 Å². The second kappa shape index (κ2) is 17.6. The minimum absolute atomic E-state index is 0.00322. The fourth-order valence-electron chi connectivity index (χ4n) is 11.9. The van der Waals surface area contributed by atoms with Gasteiger partial charge in [-0.1, -0.05) is 17.7 Å². The van der Waals surface area contributed by atoms with Crippen molar-refractivity contribution in [2.24, 2.45) is 0 Å². The van der Waals surface area contributed by atoms with E-state index in [4.69, 9.17) is 21.1 Å². The highest BCUT2D eigenvalue weighted by Gasteiger charge is 2.36. The van der Waals surface area contributed by atoms with Gasteiger partial charge in [0.25, 0.3) is 11.8 Å². The van der Waals surface area contributed by atoms with Gasteiger partial charge in [0.2, 0.25) is 11.3 Å². The van der Waals surface area contributed by atoms with Gasteiger partial charge in [-0.25, -0.2) is 4.58 Å². The molecule has 1 aromatic heterocycles. The third-order valence-electron chi connectivity index (χ3n) is 15.1. The normalized spacial score (nSPS) is 15.2. The first-order valence-electron chi connectivity index (χ1n) is 24.5. The molecule has 5 aliphatic heterocycles. The fourth-order valence-corrected chi connectivity index (χ4v) is 12.0. The van der Waals surface area contributed by atoms with Crippen LogP contribution in [-0.2, 0) is 36.9 Å². The number of carbonyl (C=O) groups is 4. The van der Waals surface area contributed by atoms with Crippen molar-refractivity contribution >= 4 is 68.8 Å². The second-order valence-electron chi connectivity index (χ2n) is 19.2. The molecular weight excluding hydrogens is 914 g/mol. The lowest BCUT2D eigenvalue weighted by Crippen LogP contribution is -2.45. The molecule has 12 rings (SSSR count). The molecule has 356 valence electrons. The molecule has 0 spiro atoms. The zero-order valence-corrected chi connectivity index (χ0v) is 40.3. The number of carboxylic acids is 1. The van der Waals surface area contributed by atoms with Gasteiger partial charge in [-0.05, 0) is 153 Å². The number of rotatable bonds is 9. The Hall–Kier alpha value is -7.70. The van der Waals surface area contributed by atoms with Crippen LogP contribution >= 0.6 is 11.6 Å². The Bertz CT molecular complexity index is 3590. The maximum absolute atomic E-state index is 14.3. The molecule has 5 aliphatic rings. The average molecular weight is 965 g/mol. The predicted molar refractivity (Wildman–Crippen MR) is 272 cm³/mol. The van der Waals surface area contributed by atoms with Crippen LogP contribution in [-0.4, -0.2) is 61.5 Å². The number of halogens is 1. The first kappa shape index (κ1) is 44.5. The Labute approximate surface area is 414 Å². The Morgan fingerprint density at radius 2 is 1.45 bits per heavy atom. The number of nitrogens with zero attached hydrogens (tertiary/aromatic N) is 3. The molecular formula is C58H50ClN5O7. The highest BCUT2D eigenvalue weighted by atomic mass is 35.5. The summed E-state index contributed by atoms with van der Waals surface area (Å²) in [5.74, 6) is -0.127. The van der Waals surface area contributed by atoms with Crippen LogP contribution in [0.1, 0.15) is 101 Å². The van der Waals surface area contributed by atoms with E-state index in [-0.39, 0.29) is 29.4 Å². The molecule has 2 amide bonds. The molecule has 7 aromatic rings. The molecule has 0 atom stereocenters. The number of benzene rings is 6. The first-order valence-corrected chi connectivity index (χ1v) is 24.9. The molecule has 13 heteroatoms. The minimum Gasteiger partial charge on any atom is -0.545 e. The van der Waals surface area contributed by atoms with Crippen LogP contribution in [0.5, 0.6) is 17.2 Å². The molecule has 6 heterocycles. The summed E-state index contributed by atoms with van der Waals surface area (Å²) in [5.41, 5.74) is 11.8. The van der Waals surface area contributed by atoms with E-state index >= 15 is 0 Å². The highest BCUT2D eigenvalue weighted by Crippen LogP contribution is 2.49. The van der Waals surface area contributed by atoms with E-state index in [9.17, 15) is 24.3 Å². The van der Waals surface area contributed by atoms with Gasteiger partial charge in [-0.2, -0.15) is 0 Å². The van der Waals surface area contributed by atoms with Crippen molar-refractivity contribution in [2.75, 3.05) is 48.8 Å². The third kappa shape index (κ3) is 7.63. The van der Waals surface area contributed by atoms with Crippen molar-refractivity contribution < 1.29 is 33.8 Å². The quantitative estimate of drug-likeness (QED) is 0.141. The van der Waals surface area contributed by atoms with Crippen molar-refractivity contribution in [3.05, 3.63) is 174 Å². The van der Waals surface area contributed by atoms with Crippen LogP contribution in [0, 0.1) is 6.92 Å². The van der Waals surface area contributed by atoms with Gasteiger partial charge in [0.15, 0.2) is 0 Å². The Morgan fingerprint density at radius 3 is 2.21 bits per heavy atom. The Kier molecular flexibility index (Phi) is 11.0. The lowest BCUT2D eigenvalue weighted by Gasteiger charge is -2.39. The molecule has 0 bridgehead atoms. The van der Waals surface area contributed by atoms with Crippen LogP contribution in [0.4, 0.5) is 17.1 Å². The molecule has 71 heavy (non-hydrogen) atoms. The van der Waals surface area contributed by atoms with Crippen molar-refractivity contribution in [3.63, 3.8) is 0 Å². The summed E-state index contributed by atoms with van der Waals surface area (Å²) in [6.45, 7) is 5.83. The largest absolute Gasteiger partial charge is 0.545 e. The van der Waals surface area contributed by atoms with E-state index in [0.717, 1.165) is 111 Å². The number of methoxy groups -OCH3 is 1. The number of aromatic carboxylic acids is 1. The summed E-state index contributed by atoms with van der Waals surface area (Å²) < 4.78 is 16.8. The van der Waals surface area contributed by atoms with Crippen molar-refractivity contribution in [1.29, 1.82) is 0 Å². The van der Waals surface area contributed by atoms with Gasteiger partial charge in [-0.3, -0.25) is 19.0 Å². The van der Waals surface area contributed by atoms with Crippen LogP contribution < -0.4 is 45.3 Å². The van der Waals surface area contributed by atoms with Crippen molar-refractivity contribution in [1.82, 2.24) is 9.14 Å². The highest BCUT2D eigenvalue weighted by molar-refractivity contribution is 6.30. The topological polar surface area (TPSA) is 145 Å². The molecule has 0 saturated carbocycles. The van der Waals surface area contributed by atoms with Gasteiger partial charge < -0.3 is 34.9 Å². The van der Waals surface area contributed by atoms with Gasteiger partial charge in [0.1, 0.15) is 30.3 Å². The van der Waals surface area contributed by atoms with E-state index < -0.39 is 11.9 Å². The maximum Gasteiger partial charge on any atom is 0.262 e. The molecule has 2 N–H and O–H groups in total. The van der Waals surface area contributed by atoms with E-state index in [1.54, 1.807) is 72.3 Å². The van der Waals surface area contributed by atoms with Gasteiger partial charge >= 0.3 is 0 Å². The number of ether oxygens (including phenoxy) is 2. The minimum atomic E-state index is -1.32. The van der Waals surface area contributed by atoms with E-state index in [2.05, 4.69) is 32.2 Å². The third-order valence-corrected chi connectivity index (χ3v) is 15.3. The van der Waals surface area contributed by atoms with E-state index in [0.29, 0.717) is 50.0 Å². The van der Waals surface area contributed by atoms with E-state index in [1.165, 1.54) is 45.4 Å². The molecule has 0 radical (unpaired) electrons. The van der Waals surface area contributed by atoms with Gasteiger partial charge in [0, 0.05) is 103 Å². The Balaban J connectivity index is 0.860. The number of anilines is 3. The summed E-state index contributed by atoms with van der Waals surface area (Å²) in [6.07, 6.45) is 7.63. The van der Waals surface area contributed by atoms with Crippen molar-refractivity contribution in [2.45, 2.75) is 64.7 Å². The molecule has 0 saturated heterocycles. The monoisotopic (exact) mass is 963 g/mol. The molecule has 0 aliphatic carbocycles. The lowest BCUT2D eigenvalue weighted by atomic mass is 9.81. The number of hydrogen-bond donors (Lipinski definition) is 2. The zero-order chi connectivity index (χ0) is 48.7. The van der Waals surface area contributed by atoms with Crippen LogP contribution in [0.15, 0.2) is 97.1 Å². The molecule has 6 aromatic carbocycles. The number of carbonyl (C=O) groups excluding carboxylic acids is 4. The first-order chi connectivity index (χ1) is 34.5. The second-order valence-corrected chi connectivity index (χ2v) is 19.7. The summed E-state index contributed by atoms with van der Waals surface area (Å²) in [7, 11) is 1.57. The smallest absolute Gasteiger partial charge is 0.262 e. The SMILES string of the molecule is COc1ccc2c(c1)c(CC(=O)Nc1ccc(NC(=O)c3ccc(C(=O)[O-])c(C4=c5cc6c7c(c5Oc5c4cc4c8c5CCCN8CCC4)CCC[N+]=7CCC6)c3)cc1)c(C)n2C(=O)c1ccc(Cl)cc1. The number of aromatic nitrogens is 1. The van der Waals surface area contributed by atoms with Gasteiger partial charge in [0.05, 0.1) is 30.6 Å². The summed E-state index contributed by atoms with van der Waals surface area (Å²) in [6, 6.07) is 28.1. The number of amides is 2. The predicted octanol–water partition coefficient (Wildman–Crippen LogP) is 7.53. The average Bonchev–Trinajstić information content (AvgIpc) is 3.65. The summed E-state index contributed by atoms with van der Waals surface area (Å²) in [4.78, 5) is 57.5. The number of nitrogens with one attached hydrogen (secondary N) is 2. The number of fused-ring (bicyclic) bond motifs is 5. The lowest BCUT2D eigenvalue weighted by molar-refractivity contribution is -0.255. The molecule has 0 unspecified atom stereocenters.